The van der Waals surface area contributed by atoms with Gasteiger partial charge in [0, 0.05) is 18.3 Å². The lowest BCUT2D eigenvalue weighted by atomic mass is 10.1. The largest absolute Gasteiger partial charge is 0.496 e. The molecule has 1 atom stereocenters. The molecule has 1 aliphatic rings. The number of rotatable bonds is 5. The average molecular weight is 317 g/mol. The number of hydrogen-bond donors (Lipinski definition) is 2. The topological polar surface area (TPSA) is 87.8 Å². The van der Waals surface area contributed by atoms with E-state index in [1.807, 2.05) is 0 Å². The molecule has 2 N–H and O–H groups in total. The summed E-state index contributed by atoms with van der Waals surface area (Å²) >= 11 is 0. The summed E-state index contributed by atoms with van der Waals surface area (Å²) in [5.74, 6) is 1.01. The highest BCUT2D eigenvalue weighted by molar-refractivity contribution is 5.93. The van der Waals surface area contributed by atoms with E-state index in [0.717, 1.165) is 18.5 Å². The van der Waals surface area contributed by atoms with E-state index in [4.69, 9.17) is 9.15 Å². The van der Waals surface area contributed by atoms with Gasteiger partial charge in [-0.25, -0.2) is 4.98 Å². The lowest BCUT2D eigenvalue weighted by molar-refractivity contribution is -0.119. The molecular formula is C16H19N3O4. The molecule has 2 heterocycles. The molecule has 1 amide bonds. The van der Waals surface area contributed by atoms with E-state index in [9.17, 15) is 9.90 Å². The minimum absolute atomic E-state index is 0.166. The number of oxazole rings is 1. The standard InChI is InChI=1S/C16H19N3O4/c1-22-13-7-11(4-5-12(13)14-8-17-10-23-14)18-15(20)9-19-6-2-3-16(19)21/h4-5,7-8,10,16,21H,2-3,6,9H2,1H3,(H,18,20). The third-order valence-electron chi connectivity index (χ3n) is 3.86. The minimum Gasteiger partial charge on any atom is -0.496 e. The molecule has 7 nitrogen and oxygen atoms in total. The quantitative estimate of drug-likeness (QED) is 0.873. The number of aromatic nitrogens is 1. The normalized spacial score (nSPS) is 18.1. The first kappa shape index (κ1) is 15.5. The van der Waals surface area contributed by atoms with E-state index < -0.39 is 6.23 Å². The molecule has 1 aromatic heterocycles. The Morgan fingerprint density at radius 1 is 1.57 bits per heavy atom. The molecule has 7 heteroatoms. The molecule has 0 spiro atoms. The summed E-state index contributed by atoms with van der Waals surface area (Å²) in [4.78, 5) is 17.7. The maximum atomic E-state index is 12.1. The smallest absolute Gasteiger partial charge is 0.238 e. The van der Waals surface area contributed by atoms with Crippen LogP contribution in [0.1, 0.15) is 12.8 Å². The monoisotopic (exact) mass is 317 g/mol. The number of carbonyl (C=O) groups excluding carboxylic acids is 1. The van der Waals surface area contributed by atoms with Crippen LogP contribution in [0.4, 0.5) is 5.69 Å². The summed E-state index contributed by atoms with van der Waals surface area (Å²) < 4.78 is 10.6. The second-order valence-electron chi connectivity index (χ2n) is 5.42. The van der Waals surface area contributed by atoms with Gasteiger partial charge in [0.1, 0.15) is 12.0 Å². The molecule has 2 aromatic rings. The predicted octanol–water partition coefficient (Wildman–Crippen LogP) is 1.70. The second-order valence-corrected chi connectivity index (χ2v) is 5.42. The number of aliphatic hydroxyl groups is 1. The Labute approximate surface area is 133 Å². The van der Waals surface area contributed by atoms with Crippen LogP contribution in [0.5, 0.6) is 5.75 Å². The number of ether oxygens (including phenoxy) is 1. The van der Waals surface area contributed by atoms with Crippen molar-refractivity contribution in [1.29, 1.82) is 0 Å². The number of nitrogens with zero attached hydrogens (tertiary/aromatic N) is 2. The van der Waals surface area contributed by atoms with Crippen LogP contribution in [0, 0.1) is 0 Å². The molecule has 122 valence electrons. The lowest BCUT2D eigenvalue weighted by Gasteiger charge is -2.19. The fourth-order valence-corrected chi connectivity index (χ4v) is 2.70. The fourth-order valence-electron chi connectivity index (χ4n) is 2.70. The van der Waals surface area contributed by atoms with Gasteiger partial charge in [-0.2, -0.15) is 0 Å². The van der Waals surface area contributed by atoms with Gasteiger partial charge in [0.2, 0.25) is 5.91 Å². The van der Waals surface area contributed by atoms with Crippen LogP contribution in [0.2, 0.25) is 0 Å². The predicted molar refractivity (Wildman–Crippen MR) is 83.9 cm³/mol. The van der Waals surface area contributed by atoms with E-state index in [1.54, 1.807) is 36.4 Å². The molecule has 1 aromatic carbocycles. The molecule has 3 rings (SSSR count). The van der Waals surface area contributed by atoms with Crippen molar-refractivity contribution in [2.75, 3.05) is 25.5 Å². The van der Waals surface area contributed by atoms with E-state index in [2.05, 4.69) is 10.3 Å². The van der Waals surface area contributed by atoms with Gasteiger partial charge < -0.3 is 19.6 Å². The number of amides is 1. The number of carbonyl (C=O) groups is 1. The summed E-state index contributed by atoms with van der Waals surface area (Å²) in [6.45, 7) is 0.912. The van der Waals surface area contributed by atoms with Crippen LogP contribution in [-0.2, 0) is 4.79 Å². The maximum Gasteiger partial charge on any atom is 0.238 e. The molecule has 0 radical (unpaired) electrons. The van der Waals surface area contributed by atoms with Gasteiger partial charge >= 0.3 is 0 Å². The van der Waals surface area contributed by atoms with Crippen molar-refractivity contribution in [1.82, 2.24) is 9.88 Å². The second kappa shape index (κ2) is 6.80. The number of hydrogen-bond acceptors (Lipinski definition) is 6. The minimum atomic E-state index is -0.524. The van der Waals surface area contributed by atoms with Gasteiger partial charge in [-0.1, -0.05) is 0 Å². The number of benzene rings is 1. The van der Waals surface area contributed by atoms with Crippen LogP contribution in [-0.4, -0.2) is 47.3 Å². The summed E-state index contributed by atoms with van der Waals surface area (Å²) in [6.07, 6.45) is 4.06. The van der Waals surface area contributed by atoms with Crippen molar-refractivity contribution >= 4 is 11.6 Å². The summed E-state index contributed by atoms with van der Waals surface area (Å²) in [7, 11) is 1.56. The van der Waals surface area contributed by atoms with Gasteiger partial charge in [0.15, 0.2) is 12.2 Å². The Hall–Kier alpha value is -2.38. The molecule has 1 unspecified atom stereocenters. The molecule has 1 saturated heterocycles. The highest BCUT2D eigenvalue weighted by Gasteiger charge is 2.24. The van der Waals surface area contributed by atoms with Gasteiger partial charge in [0.25, 0.3) is 0 Å². The Bertz CT molecular complexity index is 672. The van der Waals surface area contributed by atoms with Gasteiger partial charge in [-0.05, 0) is 25.0 Å². The van der Waals surface area contributed by atoms with Crippen LogP contribution in [0.15, 0.2) is 35.2 Å². The Kier molecular flexibility index (Phi) is 4.59. The third kappa shape index (κ3) is 3.52. The number of anilines is 1. The summed E-state index contributed by atoms with van der Waals surface area (Å²) in [5, 5.41) is 12.6. The SMILES string of the molecule is COc1cc(NC(=O)CN2CCCC2O)ccc1-c1cnco1. The van der Waals surface area contributed by atoms with Crippen LogP contribution >= 0.6 is 0 Å². The van der Waals surface area contributed by atoms with E-state index in [0.29, 0.717) is 23.6 Å². The number of aliphatic hydroxyl groups excluding tert-OH is 1. The van der Waals surface area contributed by atoms with Crippen LogP contribution in [0.25, 0.3) is 11.3 Å². The van der Waals surface area contributed by atoms with Gasteiger partial charge in [0.05, 0.1) is 25.4 Å². The molecule has 0 bridgehead atoms. The van der Waals surface area contributed by atoms with Crippen LogP contribution < -0.4 is 10.1 Å². The van der Waals surface area contributed by atoms with Crippen LogP contribution in [0.3, 0.4) is 0 Å². The van der Waals surface area contributed by atoms with Crippen molar-refractivity contribution in [3.63, 3.8) is 0 Å². The first-order valence-corrected chi connectivity index (χ1v) is 7.46. The van der Waals surface area contributed by atoms with Crippen molar-refractivity contribution in [2.45, 2.75) is 19.1 Å². The van der Waals surface area contributed by atoms with Crippen molar-refractivity contribution < 1.29 is 19.1 Å². The molecule has 1 aliphatic heterocycles. The molecule has 0 saturated carbocycles. The average Bonchev–Trinajstić information content (AvgIpc) is 3.20. The Balaban J connectivity index is 1.69. The zero-order valence-corrected chi connectivity index (χ0v) is 12.9. The van der Waals surface area contributed by atoms with E-state index in [1.165, 1.54) is 6.39 Å². The number of methoxy groups -OCH3 is 1. The van der Waals surface area contributed by atoms with Gasteiger partial charge in [-0.3, -0.25) is 9.69 Å². The summed E-state index contributed by atoms with van der Waals surface area (Å²) in [5.41, 5.74) is 1.39. The highest BCUT2D eigenvalue weighted by Crippen LogP contribution is 2.32. The maximum absolute atomic E-state index is 12.1. The van der Waals surface area contributed by atoms with Crippen molar-refractivity contribution in [3.8, 4) is 17.1 Å². The van der Waals surface area contributed by atoms with Crippen molar-refractivity contribution in [2.24, 2.45) is 0 Å². The zero-order valence-electron chi connectivity index (χ0n) is 12.9. The molecule has 23 heavy (non-hydrogen) atoms. The Morgan fingerprint density at radius 3 is 3.09 bits per heavy atom. The number of nitrogens with one attached hydrogen (secondary N) is 1. The summed E-state index contributed by atoms with van der Waals surface area (Å²) in [6, 6.07) is 5.31. The Morgan fingerprint density at radius 2 is 2.43 bits per heavy atom. The molecule has 0 aliphatic carbocycles. The fraction of sp³-hybridized carbons (Fsp3) is 0.375. The molecular weight excluding hydrogens is 298 g/mol. The molecule has 1 fully saturated rings. The van der Waals surface area contributed by atoms with E-state index >= 15 is 0 Å². The van der Waals surface area contributed by atoms with E-state index in [-0.39, 0.29) is 12.5 Å². The lowest BCUT2D eigenvalue weighted by Crippen LogP contribution is -2.36. The number of likely N-dealkylation sites (tertiary alicyclic amines) is 1. The first-order chi connectivity index (χ1) is 11.2. The zero-order chi connectivity index (χ0) is 16.2. The first-order valence-electron chi connectivity index (χ1n) is 7.46. The highest BCUT2D eigenvalue weighted by atomic mass is 16.5. The van der Waals surface area contributed by atoms with Crippen molar-refractivity contribution in [3.05, 3.63) is 30.8 Å². The van der Waals surface area contributed by atoms with Gasteiger partial charge in [-0.15, -0.1) is 0 Å². The third-order valence-corrected chi connectivity index (χ3v) is 3.86.